The summed E-state index contributed by atoms with van der Waals surface area (Å²) in [7, 11) is 0. The highest BCUT2D eigenvalue weighted by Crippen LogP contribution is 2.48. The molecule has 168 valence electrons. The second-order valence-electron chi connectivity index (χ2n) is 9.72. The van der Waals surface area contributed by atoms with Gasteiger partial charge in [-0.3, -0.25) is 9.89 Å². The Balaban J connectivity index is 1.43. The van der Waals surface area contributed by atoms with E-state index in [1.807, 2.05) is 0 Å². The van der Waals surface area contributed by atoms with Gasteiger partial charge in [0.2, 0.25) is 0 Å². The van der Waals surface area contributed by atoms with Gasteiger partial charge in [0.25, 0.3) is 0 Å². The Labute approximate surface area is 197 Å². The minimum Gasteiger partial charge on any atom is -0.285 e. The number of fused-ring (bicyclic) bond motifs is 1. The van der Waals surface area contributed by atoms with Gasteiger partial charge in [0.15, 0.2) is 0 Å². The van der Waals surface area contributed by atoms with Crippen LogP contribution in [0.1, 0.15) is 70.3 Å². The number of rotatable bonds is 5. The summed E-state index contributed by atoms with van der Waals surface area (Å²) in [6.07, 6.45) is 18.8. The number of aliphatic imine (C=N–C) groups is 1. The number of thioether (sulfide) groups is 1. The van der Waals surface area contributed by atoms with E-state index >= 15 is 0 Å². The molecule has 2 aromatic carbocycles. The zero-order valence-electron chi connectivity index (χ0n) is 19.4. The van der Waals surface area contributed by atoms with Crippen LogP contribution in [0.4, 0.5) is 0 Å². The lowest BCUT2D eigenvalue weighted by Gasteiger charge is -2.49. The zero-order chi connectivity index (χ0) is 21.8. The van der Waals surface area contributed by atoms with Crippen molar-refractivity contribution in [1.29, 1.82) is 0 Å². The standard InChI is InChI=1S/C29H36N2S/c1-23-22-30-26(18-17-25-13-10-12-24-11-6-7-16-28(24)25)21-29(23,31-19-8-3-9-20-31)32-27-14-4-2-5-15-27/h6-7,10-13,16-18,22,27H,2-5,8-9,14-15,19-21H2,1H3/b18-17-. The third-order valence-corrected chi connectivity index (χ3v) is 9.44. The maximum absolute atomic E-state index is 4.92. The average Bonchev–Trinajstić information content (AvgIpc) is 2.85. The van der Waals surface area contributed by atoms with E-state index in [9.17, 15) is 0 Å². The highest BCUT2D eigenvalue weighted by molar-refractivity contribution is 8.01. The van der Waals surface area contributed by atoms with Crippen LogP contribution < -0.4 is 0 Å². The van der Waals surface area contributed by atoms with Crippen LogP contribution >= 0.6 is 11.8 Å². The first-order valence-electron chi connectivity index (χ1n) is 12.6. The molecule has 0 bridgehead atoms. The van der Waals surface area contributed by atoms with Gasteiger partial charge in [0.05, 0.1) is 4.87 Å². The quantitative estimate of drug-likeness (QED) is 0.466. The number of nitrogens with zero attached hydrogens (tertiary/aromatic N) is 2. The molecule has 1 atom stereocenters. The lowest BCUT2D eigenvalue weighted by molar-refractivity contribution is 0.163. The smallest absolute Gasteiger partial charge is 0.0959 e. The van der Waals surface area contributed by atoms with E-state index < -0.39 is 0 Å². The number of piperidine rings is 1. The van der Waals surface area contributed by atoms with Crippen molar-refractivity contribution in [2.24, 2.45) is 4.99 Å². The van der Waals surface area contributed by atoms with Crippen LogP contribution in [-0.2, 0) is 0 Å². The predicted molar refractivity (Wildman–Crippen MR) is 141 cm³/mol. The first-order valence-corrected chi connectivity index (χ1v) is 13.5. The van der Waals surface area contributed by atoms with Crippen LogP contribution in [0.5, 0.6) is 0 Å². The third-order valence-electron chi connectivity index (χ3n) is 7.52. The molecule has 3 heteroatoms. The number of hydrogen-bond acceptors (Lipinski definition) is 3. The molecule has 0 N–H and O–H groups in total. The molecule has 1 unspecified atom stereocenters. The SMILES string of the molecule is CC1=CN=C(/C=C\c2cccc3ccccc23)CC1(SC1CCCCC1)N1CCCCC1. The van der Waals surface area contributed by atoms with Crippen LogP contribution in [0.25, 0.3) is 16.8 Å². The number of allylic oxidation sites excluding steroid dienone is 1. The Morgan fingerprint density at radius 1 is 0.906 bits per heavy atom. The number of hydrogen-bond donors (Lipinski definition) is 0. The zero-order valence-corrected chi connectivity index (χ0v) is 20.2. The van der Waals surface area contributed by atoms with E-state index in [2.05, 4.69) is 84.4 Å². The largest absolute Gasteiger partial charge is 0.285 e. The molecule has 2 aliphatic heterocycles. The molecular weight excluding hydrogens is 408 g/mol. The Hall–Kier alpha value is -1.84. The van der Waals surface area contributed by atoms with E-state index in [1.54, 1.807) is 0 Å². The minimum atomic E-state index is 0.0859. The van der Waals surface area contributed by atoms with Crippen molar-refractivity contribution in [1.82, 2.24) is 4.90 Å². The monoisotopic (exact) mass is 444 g/mol. The highest BCUT2D eigenvalue weighted by Gasteiger charge is 2.43. The fourth-order valence-corrected chi connectivity index (χ4v) is 7.60. The summed E-state index contributed by atoms with van der Waals surface area (Å²) in [6.45, 7) is 4.79. The first-order chi connectivity index (χ1) is 15.7. The Morgan fingerprint density at radius 3 is 2.50 bits per heavy atom. The summed E-state index contributed by atoms with van der Waals surface area (Å²) in [4.78, 5) is 7.81. The van der Waals surface area contributed by atoms with Gasteiger partial charge in [-0.25, -0.2) is 0 Å². The van der Waals surface area contributed by atoms with Crippen molar-refractivity contribution >= 4 is 34.3 Å². The molecular formula is C29H36N2S. The molecule has 0 aromatic heterocycles. The van der Waals surface area contributed by atoms with Crippen LogP contribution in [0, 0.1) is 0 Å². The van der Waals surface area contributed by atoms with Crippen LogP contribution in [-0.4, -0.2) is 33.8 Å². The summed E-state index contributed by atoms with van der Waals surface area (Å²) in [6, 6.07) is 15.2. The van der Waals surface area contributed by atoms with Gasteiger partial charge >= 0.3 is 0 Å². The molecule has 2 fully saturated rings. The molecule has 32 heavy (non-hydrogen) atoms. The fourth-order valence-electron chi connectivity index (χ4n) is 5.68. The van der Waals surface area contributed by atoms with Crippen molar-refractivity contribution in [3.05, 3.63) is 65.9 Å². The van der Waals surface area contributed by atoms with Crippen molar-refractivity contribution in [2.45, 2.75) is 74.8 Å². The van der Waals surface area contributed by atoms with E-state index in [4.69, 9.17) is 4.99 Å². The molecule has 0 radical (unpaired) electrons. The lowest BCUT2D eigenvalue weighted by Crippen LogP contribution is -2.52. The predicted octanol–water partition coefficient (Wildman–Crippen LogP) is 7.85. The van der Waals surface area contributed by atoms with E-state index in [1.165, 1.54) is 92.1 Å². The molecule has 2 heterocycles. The van der Waals surface area contributed by atoms with Crippen molar-refractivity contribution < 1.29 is 0 Å². The van der Waals surface area contributed by atoms with Crippen LogP contribution in [0.3, 0.4) is 0 Å². The summed E-state index contributed by atoms with van der Waals surface area (Å²) in [5.74, 6) is 0. The van der Waals surface area contributed by atoms with Crippen LogP contribution in [0.15, 0.2) is 65.3 Å². The van der Waals surface area contributed by atoms with Gasteiger partial charge in [0, 0.05) is 23.6 Å². The summed E-state index contributed by atoms with van der Waals surface area (Å²) in [5.41, 5.74) is 3.95. The normalized spacial score (nSPS) is 25.8. The lowest BCUT2D eigenvalue weighted by atomic mass is 9.94. The molecule has 1 aliphatic carbocycles. The van der Waals surface area contributed by atoms with E-state index in [0.717, 1.165) is 11.7 Å². The van der Waals surface area contributed by atoms with Gasteiger partial charge in [-0.05, 0) is 73.7 Å². The average molecular weight is 445 g/mol. The van der Waals surface area contributed by atoms with E-state index in [0.29, 0.717) is 0 Å². The maximum atomic E-state index is 4.92. The fraction of sp³-hybridized carbons (Fsp3) is 0.483. The summed E-state index contributed by atoms with van der Waals surface area (Å²) >= 11 is 2.27. The van der Waals surface area contributed by atoms with E-state index in [-0.39, 0.29) is 4.87 Å². The number of benzene rings is 2. The molecule has 2 aromatic rings. The first kappa shape index (κ1) is 22.0. The second kappa shape index (κ2) is 9.97. The topological polar surface area (TPSA) is 15.6 Å². The molecule has 5 rings (SSSR count). The summed E-state index contributed by atoms with van der Waals surface area (Å²) in [5, 5.41) is 3.40. The number of likely N-dealkylation sites (tertiary alicyclic amines) is 1. The Kier molecular flexibility index (Phi) is 6.85. The van der Waals surface area contributed by atoms with Gasteiger partial charge < -0.3 is 0 Å². The molecule has 3 aliphatic rings. The van der Waals surface area contributed by atoms with Gasteiger partial charge in [-0.1, -0.05) is 74.2 Å². The van der Waals surface area contributed by atoms with Gasteiger partial charge in [0.1, 0.15) is 0 Å². The summed E-state index contributed by atoms with van der Waals surface area (Å²) < 4.78 is 0. The molecule has 1 saturated heterocycles. The Bertz CT molecular complexity index is 1020. The third kappa shape index (κ3) is 4.61. The van der Waals surface area contributed by atoms with Gasteiger partial charge in [-0.15, -0.1) is 11.8 Å². The molecule has 2 nitrogen and oxygen atoms in total. The highest BCUT2D eigenvalue weighted by atomic mass is 32.2. The second-order valence-corrected chi connectivity index (χ2v) is 11.3. The minimum absolute atomic E-state index is 0.0859. The maximum Gasteiger partial charge on any atom is 0.0959 e. The van der Waals surface area contributed by atoms with Crippen LogP contribution in [0.2, 0.25) is 0 Å². The molecule has 1 saturated carbocycles. The van der Waals surface area contributed by atoms with Crippen molar-refractivity contribution in [3.63, 3.8) is 0 Å². The van der Waals surface area contributed by atoms with Crippen molar-refractivity contribution in [2.75, 3.05) is 13.1 Å². The van der Waals surface area contributed by atoms with Crippen molar-refractivity contribution in [3.8, 4) is 0 Å². The van der Waals surface area contributed by atoms with Gasteiger partial charge in [-0.2, -0.15) is 0 Å². The molecule has 0 amide bonds. The Morgan fingerprint density at radius 2 is 1.66 bits per heavy atom. The molecule has 0 spiro atoms.